The first-order valence-electron chi connectivity index (χ1n) is 18.8. The van der Waals surface area contributed by atoms with E-state index in [1.165, 1.54) is 6.20 Å². The number of aliphatic hydroxyl groups excluding tert-OH is 1. The lowest BCUT2D eigenvalue weighted by molar-refractivity contribution is -0.384. The molecule has 8 rings (SSSR count). The average Bonchev–Trinajstić information content (AvgIpc) is 3.25. The molecule has 2 aliphatic heterocycles. The minimum absolute atomic E-state index is 0.0208. The number of carbonyl (C=O) groups is 1. The second-order valence-electron chi connectivity index (χ2n) is 14.1. The fourth-order valence-corrected chi connectivity index (χ4v) is 7.40. The van der Waals surface area contributed by atoms with Gasteiger partial charge in [-0.1, -0.05) is 84.9 Å². The van der Waals surface area contributed by atoms with Gasteiger partial charge in [0.25, 0.3) is 11.6 Å². The van der Waals surface area contributed by atoms with E-state index in [9.17, 15) is 20.0 Å². The third-order valence-corrected chi connectivity index (χ3v) is 10.5. The molecule has 2 saturated heterocycles. The minimum atomic E-state index is -0.593. The second kappa shape index (κ2) is 16.8. The number of nitrogens with one attached hydrogen (secondary N) is 1. The number of ether oxygens (including phenoxy) is 2. The van der Waals surface area contributed by atoms with E-state index in [1.54, 1.807) is 12.1 Å². The molecule has 0 aliphatic carbocycles. The molecule has 2 fully saturated rings. The van der Waals surface area contributed by atoms with Crippen LogP contribution < -0.4 is 10.2 Å². The normalized spacial score (nSPS) is 18.8. The summed E-state index contributed by atoms with van der Waals surface area (Å²) >= 11 is 0. The van der Waals surface area contributed by atoms with Crippen molar-refractivity contribution in [2.45, 2.75) is 38.1 Å². The van der Waals surface area contributed by atoms with E-state index in [2.05, 4.69) is 37.2 Å². The van der Waals surface area contributed by atoms with Crippen molar-refractivity contribution in [3.63, 3.8) is 0 Å². The number of nitro groups is 1. The van der Waals surface area contributed by atoms with Crippen molar-refractivity contribution in [1.82, 2.24) is 20.2 Å². The van der Waals surface area contributed by atoms with Crippen LogP contribution in [0.2, 0.25) is 0 Å². The standard InChI is InChI=1S/C44H42N6O6/c51-29-30-9-11-32(12-10-30)42-25-37(28-48-21-23-49(24-22-48)35-17-19-36(20-18-35)50(53)54)55-44(56-42)33-15-13-31(14-16-33)38-6-2-1-5-34(38)26-46-43(52)41-27-45-39-7-3-4-8-40(39)47-41/h1-20,27,37,42,44,51H,21-26,28-29H2,(H,46,52)/t37-,42+,44+/m0/s1. The number of non-ortho nitro benzene ring substituents is 1. The number of carbonyl (C=O) groups excluding carboxylic acids is 1. The number of fused-ring (bicyclic) bond motifs is 1. The van der Waals surface area contributed by atoms with Gasteiger partial charge in [-0.05, 0) is 52.1 Å². The molecule has 5 aromatic carbocycles. The number of rotatable bonds is 11. The Balaban J connectivity index is 0.948. The molecule has 1 aromatic heterocycles. The van der Waals surface area contributed by atoms with Gasteiger partial charge in [-0.3, -0.25) is 24.8 Å². The van der Waals surface area contributed by atoms with E-state index in [0.29, 0.717) is 18.5 Å². The summed E-state index contributed by atoms with van der Waals surface area (Å²) in [4.78, 5) is 37.3. The molecular weight excluding hydrogens is 709 g/mol. The zero-order valence-electron chi connectivity index (χ0n) is 30.7. The number of aliphatic hydroxyl groups is 1. The van der Waals surface area contributed by atoms with Gasteiger partial charge in [0.05, 0.1) is 41.0 Å². The van der Waals surface area contributed by atoms with Gasteiger partial charge in [0.15, 0.2) is 6.29 Å². The first kappa shape index (κ1) is 36.9. The molecule has 0 saturated carbocycles. The quantitative estimate of drug-likeness (QED) is 0.105. The third-order valence-electron chi connectivity index (χ3n) is 10.5. The van der Waals surface area contributed by atoms with Crippen molar-refractivity contribution >= 4 is 28.3 Å². The van der Waals surface area contributed by atoms with Gasteiger partial charge in [0.2, 0.25) is 0 Å². The molecule has 56 heavy (non-hydrogen) atoms. The average molecular weight is 751 g/mol. The van der Waals surface area contributed by atoms with E-state index in [4.69, 9.17) is 9.47 Å². The maximum atomic E-state index is 13.1. The fourth-order valence-electron chi connectivity index (χ4n) is 7.40. The molecule has 0 spiro atoms. The summed E-state index contributed by atoms with van der Waals surface area (Å²) in [7, 11) is 0. The lowest BCUT2D eigenvalue weighted by atomic mass is 9.97. The summed E-state index contributed by atoms with van der Waals surface area (Å²) in [5, 5.41) is 23.7. The minimum Gasteiger partial charge on any atom is -0.392 e. The molecule has 3 heterocycles. The first-order chi connectivity index (χ1) is 27.4. The predicted octanol–water partition coefficient (Wildman–Crippen LogP) is 6.99. The predicted molar refractivity (Wildman–Crippen MR) is 213 cm³/mol. The van der Waals surface area contributed by atoms with Gasteiger partial charge in [-0.25, -0.2) is 4.98 Å². The Labute approximate surface area is 324 Å². The Morgan fingerprint density at radius 2 is 1.52 bits per heavy atom. The van der Waals surface area contributed by atoms with Crippen LogP contribution in [0.3, 0.4) is 0 Å². The summed E-state index contributed by atoms with van der Waals surface area (Å²) in [5.41, 5.74) is 8.49. The van der Waals surface area contributed by atoms with Crippen LogP contribution in [-0.2, 0) is 22.6 Å². The van der Waals surface area contributed by atoms with Crippen LogP contribution in [0.4, 0.5) is 11.4 Å². The fraction of sp³-hybridized carbons (Fsp3) is 0.250. The maximum absolute atomic E-state index is 13.1. The van der Waals surface area contributed by atoms with Gasteiger partial charge >= 0.3 is 0 Å². The van der Waals surface area contributed by atoms with E-state index in [-0.39, 0.29) is 41.0 Å². The molecule has 0 unspecified atom stereocenters. The zero-order valence-corrected chi connectivity index (χ0v) is 30.7. The summed E-state index contributed by atoms with van der Waals surface area (Å²) in [6, 6.07) is 38.3. The number of hydrogen-bond acceptors (Lipinski definition) is 10. The van der Waals surface area contributed by atoms with Gasteiger partial charge < -0.3 is 24.8 Å². The number of benzene rings is 5. The van der Waals surface area contributed by atoms with Crippen molar-refractivity contribution in [2.24, 2.45) is 0 Å². The summed E-state index contributed by atoms with van der Waals surface area (Å²) in [5.74, 6) is -0.290. The summed E-state index contributed by atoms with van der Waals surface area (Å²) in [6.45, 7) is 4.32. The van der Waals surface area contributed by atoms with Gasteiger partial charge in [0.1, 0.15) is 5.69 Å². The third kappa shape index (κ3) is 8.43. The van der Waals surface area contributed by atoms with Crippen LogP contribution in [0.15, 0.2) is 128 Å². The lowest BCUT2D eigenvalue weighted by Gasteiger charge is -2.41. The Morgan fingerprint density at radius 3 is 2.25 bits per heavy atom. The highest BCUT2D eigenvalue weighted by Gasteiger charge is 2.34. The van der Waals surface area contributed by atoms with Gasteiger partial charge in [0, 0.05) is 69.1 Å². The number of para-hydroxylation sites is 2. The monoisotopic (exact) mass is 750 g/mol. The summed E-state index contributed by atoms with van der Waals surface area (Å²) in [6.07, 6.45) is 1.29. The van der Waals surface area contributed by atoms with E-state index >= 15 is 0 Å². The number of anilines is 1. The molecule has 2 N–H and O–H groups in total. The highest BCUT2D eigenvalue weighted by Crippen LogP contribution is 2.39. The Kier molecular flexibility index (Phi) is 11.0. The van der Waals surface area contributed by atoms with Crippen molar-refractivity contribution in [1.29, 1.82) is 0 Å². The largest absolute Gasteiger partial charge is 0.392 e. The Morgan fingerprint density at radius 1 is 0.821 bits per heavy atom. The molecule has 1 amide bonds. The molecule has 12 nitrogen and oxygen atoms in total. The van der Waals surface area contributed by atoms with Crippen molar-refractivity contribution in [3.8, 4) is 11.1 Å². The van der Waals surface area contributed by atoms with Crippen LogP contribution in [0.25, 0.3) is 22.2 Å². The van der Waals surface area contributed by atoms with Crippen LogP contribution >= 0.6 is 0 Å². The van der Waals surface area contributed by atoms with E-state index in [1.807, 2.05) is 97.1 Å². The second-order valence-corrected chi connectivity index (χ2v) is 14.1. The number of nitrogens with zero attached hydrogens (tertiary/aromatic N) is 5. The Hall–Kier alpha value is -6.05. The SMILES string of the molecule is O=C(NCc1ccccc1-c1ccc([C@@H]2O[C@H](CN3CCN(c4ccc([N+](=O)[O-])cc4)CC3)C[C@H](c3ccc(CO)cc3)O2)cc1)c1cnc2ccccc2n1. The lowest BCUT2D eigenvalue weighted by Crippen LogP contribution is -2.49. The number of hydrogen-bond donors (Lipinski definition) is 2. The van der Waals surface area contributed by atoms with E-state index < -0.39 is 6.29 Å². The van der Waals surface area contributed by atoms with Crippen LogP contribution in [0, 0.1) is 10.1 Å². The number of amides is 1. The number of nitro benzene ring substituents is 1. The van der Waals surface area contributed by atoms with Crippen LogP contribution in [0.5, 0.6) is 0 Å². The van der Waals surface area contributed by atoms with E-state index in [0.717, 1.165) is 77.3 Å². The molecule has 2 aliphatic rings. The molecule has 3 atom stereocenters. The molecule has 6 aromatic rings. The first-order valence-corrected chi connectivity index (χ1v) is 18.8. The van der Waals surface area contributed by atoms with Crippen molar-refractivity contribution in [2.75, 3.05) is 37.6 Å². The van der Waals surface area contributed by atoms with Crippen LogP contribution in [0.1, 0.15) is 51.6 Å². The topological polar surface area (TPSA) is 143 Å². The smallest absolute Gasteiger partial charge is 0.271 e. The van der Waals surface area contributed by atoms with Gasteiger partial charge in [-0.15, -0.1) is 0 Å². The molecule has 0 bridgehead atoms. The molecule has 284 valence electrons. The molecule has 0 radical (unpaired) electrons. The van der Waals surface area contributed by atoms with Crippen molar-refractivity contribution < 1.29 is 24.3 Å². The highest BCUT2D eigenvalue weighted by atomic mass is 16.7. The maximum Gasteiger partial charge on any atom is 0.271 e. The molecule has 12 heteroatoms. The Bertz CT molecular complexity index is 2300. The van der Waals surface area contributed by atoms with Crippen molar-refractivity contribution in [3.05, 3.63) is 166 Å². The summed E-state index contributed by atoms with van der Waals surface area (Å²) < 4.78 is 13.3. The zero-order chi connectivity index (χ0) is 38.4. The van der Waals surface area contributed by atoms with Crippen LogP contribution in [-0.4, -0.2) is 69.6 Å². The van der Waals surface area contributed by atoms with Gasteiger partial charge in [-0.2, -0.15) is 0 Å². The highest BCUT2D eigenvalue weighted by molar-refractivity contribution is 5.93. The number of piperazine rings is 1. The number of aromatic nitrogens is 2. The molecular formula is C44H42N6O6.